The molecule has 0 aliphatic heterocycles. The lowest BCUT2D eigenvalue weighted by Crippen LogP contribution is -2.27. The monoisotopic (exact) mass is 435 g/mol. The Kier molecular flexibility index (Phi) is 5.41. The van der Waals surface area contributed by atoms with Gasteiger partial charge in [0.05, 0.1) is 18.2 Å². The van der Waals surface area contributed by atoms with E-state index in [9.17, 15) is 14.0 Å². The Bertz CT molecular complexity index is 1390. The predicted octanol–water partition coefficient (Wildman–Crippen LogP) is 5.45. The molecule has 32 heavy (non-hydrogen) atoms. The average Bonchev–Trinajstić information content (AvgIpc) is 3.17. The lowest BCUT2D eigenvalue weighted by Gasteiger charge is -2.17. The van der Waals surface area contributed by atoms with Crippen LogP contribution >= 0.6 is 0 Å². The van der Waals surface area contributed by atoms with Crippen molar-refractivity contribution in [2.75, 3.05) is 0 Å². The Hall–Kier alpha value is -3.41. The molecule has 0 spiro atoms. The number of amides is 1. The summed E-state index contributed by atoms with van der Waals surface area (Å²) in [5.74, 6) is -0.637. The summed E-state index contributed by atoms with van der Waals surface area (Å²) in [4.78, 5) is 25.3. The number of aryl methyl sites for hydroxylation is 2. The number of furan rings is 1. The van der Waals surface area contributed by atoms with Gasteiger partial charge in [0.25, 0.3) is 0 Å². The van der Waals surface area contributed by atoms with Gasteiger partial charge in [-0.25, -0.2) is 9.18 Å². The molecule has 1 amide bonds. The number of nitrogens with one attached hydrogen (secondary N) is 1. The molecular formula is C26H26FNO4. The average molecular weight is 435 g/mol. The Morgan fingerprint density at radius 1 is 1.03 bits per heavy atom. The summed E-state index contributed by atoms with van der Waals surface area (Å²) in [5.41, 5.74) is 4.19. The summed E-state index contributed by atoms with van der Waals surface area (Å²) < 4.78 is 24.5. The van der Waals surface area contributed by atoms with E-state index in [0.29, 0.717) is 16.7 Å². The number of rotatable bonds is 4. The van der Waals surface area contributed by atoms with Gasteiger partial charge in [-0.3, -0.25) is 4.79 Å². The fourth-order valence-electron chi connectivity index (χ4n) is 4.01. The highest BCUT2D eigenvalue weighted by molar-refractivity contribution is 6.00. The van der Waals surface area contributed by atoms with Crippen molar-refractivity contribution >= 4 is 27.8 Å². The van der Waals surface area contributed by atoms with Crippen LogP contribution in [0.5, 0.6) is 0 Å². The molecular weight excluding hydrogens is 409 g/mol. The van der Waals surface area contributed by atoms with Crippen molar-refractivity contribution in [1.29, 1.82) is 0 Å². The molecule has 0 saturated heterocycles. The lowest BCUT2D eigenvalue weighted by molar-refractivity contribution is -0.120. The van der Waals surface area contributed by atoms with Crippen LogP contribution in [0.25, 0.3) is 21.9 Å². The largest absolute Gasteiger partial charge is 0.464 e. The summed E-state index contributed by atoms with van der Waals surface area (Å²) in [6.07, 6.45) is 1.66. The van der Waals surface area contributed by atoms with Crippen molar-refractivity contribution in [2.45, 2.75) is 53.0 Å². The molecule has 4 rings (SSSR count). The first-order valence-electron chi connectivity index (χ1n) is 10.5. The SMILES string of the molecule is Cc1c(CC(=O)NCc2ccc(F)cc2)c(=O)oc2c(C)c3occ(C(C)(C)C)c3cc12. The summed E-state index contributed by atoms with van der Waals surface area (Å²) in [6.45, 7) is 10.3. The van der Waals surface area contributed by atoms with E-state index in [1.54, 1.807) is 18.4 Å². The summed E-state index contributed by atoms with van der Waals surface area (Å²) in [5, 5.41) is 4.55. The Balaban J connectivity index is 1.70. The third kappa shape index (κ3) is 3.93. The molecule has 0 bridgehead atoms. The van der Waals surface area contributed by atoms with Crippen LogP contribution in [0.1, 0.15) is 48.6 Å². The highest BCUT2D eigenvalue weighted by atomic mass is 19.1. The van der Waals surface area contributed by atoms with Crippen molar-refractivity contribution in [1.82, 2.24) is 5.32 Å². The van der Waals surface area contributed by atoms with Gasteiger partial charge >= 0.3 is 5.63 Å². The van der Waals surface area contributed by atoms with Crippen LogP contribution in [0.4, 0.5) is 4.39 Å². The van der Waals surface area contributed by atoms with Gasteiger partial charge in [0.2, 0.25) is 5.91 Å². The minimum absolute atomic E-state index is 0.0973. The van der Waals surface area contributed by atoms with E-state index in [4.69, 9.17) is 8.83 Å². The smallest absolute Gasteiger partial charge is 0.340 e. The molecule has 166 valence electrons. The molecule has 2 heterocycles. The number of carbonyl (C=O) groups is 1. The molecule has 6 heteroatoms. The predicted molar refractivity (Wildman–Crippen MR) is 122 cm³/mol. The van der Waals surface area contributed by atoms with Gasteiger partial charge < -0.3 is 14.2 Å². The van der Waals surface area contributed by atoms with Gasteiger partial charge in [-0.15, -0.1) is 0 Å². The van der Waals surface area contributed by atoms with Crippen molar-refractivity contribution in [3.63, 3.8) is 0 Å². The second-order valence-electron chi connectivity index (χ2n) is 9.23. The molecule has 1 N–H and O–H groups in total. The van der Waals surface area contributed by atoms with E-state index in [0.717, 1.165) is 33.0 Å². The molecule has 2 aromatic heterocycles. The second-order valence-corrected chi connectivity index (χ2v) is 9.23. The number of hydrogen-bond acceptors (Lipinski definition) is 4. The van der Waals surface area contributed by atoms with Gasteiger partial charge in [-0.2, -0.15) is 0 Å². The van der Waals surface area contributed by atoms with Gasteiger partial charge in [0, 0.05) is 28.4 Å². The fraction of sp³-hybridized carbons (Fsp3) is 0.308. The van der Waals surface area contributed by atoms with E-state index in [-0.39, 0.29) is 30.1 Å². The van der Waals surface area contributed by atoms with Crippen LogP contribution in [0.3, 0.4) is 0 Å². The van der Waals surface area contributed by atoms with E-state index >= 15 is 0 Å². The first kappa shape index (κ1) is 21.8. The van der Waals surface area contributed by atoms with Gasteiger partial charge in [0.1, 0.15) is 17.0 Å². The van der Waals surface area contributed by atoms with E-state index in [1.807, 2.05) is 19.9 Å². The molecule has 0 atom stereocenters. The molecule has 0 unspecified atom stereocenters. The molecule has 5 nitrogen and oxygen atoms in total. The maximum Gasteiger partial charge on any atom is 0.340 e. The molecule has 4 aromatic rings. The third-order valence-electron chi connectivity index (χ3n) is 5.89. The second kappa shape index (κ2) is 7.93. The normalized spacial score (nSPS) is 11.9. The fourth-order valence-corrected chi connectivity index (χ4v) is 4.01. The van der Waals surface area contributed by atoms with E-state index < -0.39 is 5.63 Å². The number of halogens is 1. The Morgan fingerprint density at radius 3 is 2.38 bits per heavy atom. The first-order chi connectivity index (χ1) is 15.1. The number of fused-ring (bicyclic) bond motifs is 2. The van der Waals surface area contributed by atoms with Gasteiger partial charge in [-0.05, 0) is 48.6 Å². The zero-order valence-electron chi connectivity index (χ0n) is 18.9. The zero-order chi connectivity index (χ0) is 23.2. The summed E-state index contributed by atoms with van der Waals surface area (Å²) in [7, 11) is 0. The number of hydrogen-bond donors (Lipinski definition) is 1. The number of benzene rings is 2. The lowest BCUT2D eigenvalue weighted by atomic mass is 9.86. The van der Waals surface area contributed by atoms with Crippen LogP contribution in [0.2, 0.25) is 0 Å². The third-order valence-corrected chi connectivity index (χ3v) is 5.89. The van der Waals surface area contributed by atoms with Crippen molar-refractivity contribution in [2.24, 2.45) is 0 Å². The highest BCUT2D eigenvalue weighted by Gasteiger charge is 2.24. The van der Waals surface area contributed by atoms with Crippen LogP contribution < -0.4 is 10.9 Å². The first-order valence-corrected chi connectivity index (χ1v) is 10.5. The summed E-state index contributed by atoms with van der Waals surface area (Å²) >= 11 is 0. The highest BCUT2D eigenvalue weighted by Crippen LogP contribution is 2.37. The van der Waals surface area contributed by atoms with Crippen molar-refractivity contribution < 1.29 is 18.0 Å². The van der Waals surface area contributed by atoms with Crippen LogP contribution in [-0.2, 0) is 23.2 Å². The maximum atomic E-state index is 13.0. The molecule has 0 aliphatic rings. The maximum absolute atomic E-state index is 13.0. The van der Waals surface area contributed by atoms with E-state index in [1.165, 1.54) is 12.1 Å². The van der Waals surface area contributed by atoms with Crippen molar-refractivity contribution in [3.05, 3.63) is 80.6 Å². The molecule has 0 aliphatic carbocycles. The molecule has 0 saturated carbocycles. The van der Waals surface area contributed by atoms with Crippen molar-refractivity contribution in [3.8, 4) is 0 Å². The molecule has 0 radical (unpaired) electrons. The summed E-state index contributed by atoms with van der Waals surface area (Å²) in [6, 6.07) is 7.89. The molecule has 2 aromatic carbocycles. The number of carbonyl (C=O) groups excluding carboxylic acids is 1. The van der Waals surface area contributed by atoms with Crippen LogP contribution in [0.15, 0.2) is 50.2 Å². The van der Waals surface area contributed by atoms with E-state index in [2.05, 4.69) is 26.1 Å². The van der Waals surface area contributed by atoms with Gasteiger partial charge in [-0.1, -0.05) is 32.9 Å². The Labute approximate surface area is 185 Å². The zero-order valence-corrected chi connectivity index (χ0v) is 18.9. The Morgan fingerprint density at radius 2 is 1.72 bits per heavy atom. The molecule has 0 fully saturated rings. The topological polar surface area (TPSA) is 72.5 Å². The van der Waals surface area contributed by atoms with Crippen LogP contribution in [-0.4, -0.2) is 5.91 Å². The van der Waals surface area contributed by atoms with Crippen LogP contribution in [0, 0.1) is 19.7 Å². The minimum atomic E-state index is -0.531. The standard InChI is InChI=1S/C26H26FNO4/c1-14-18-10-20-21(26(3,4)5)13-31-23(20)15(2)24(18)32-25(30)19(14)11-22(29)28-12-16-6-8-17(27)9-7-16/h6-10,13H,11-12H2,1-5H3,(H,28,29). The minimum Gasteiger partial charge on any atom is -0.464 e. The van der Waals surface area contributed by atoms with Gasteiger partial charge in [0.15, 0.2) is 0 Å². The quantitative estimate of drug-likeness (QED) is 0.433.